The molecule has 0 aliphatic carbocycles. The molecule has 0 radical (unpaired) electrons. The fraction of sp³-hybridized carbons (Fsp3) is 0.148. The molecular weight excluding hydrogens is 442 g/mol. The molecule has 5 rings (SSSR count). The van der Waals surface area contributed by atoms with E-state index >= 15 is 0 Å². The van der Waals surface area contributed by atoms with Gasteiger partial charge in [0.2, 0.25) is 11.2 Å². The number of rotatable bonds is 4. The number of aryl methyl sites for hydroxylation is 1. The number of amides is 1. The Labute approximate surface area is 201 Å². The Balaban J connectivity index is 1.70. The number of benzene rings is 1. The van der Waals surface area contributed by atoms with E-state index in [0.717, 1.165) is 11.1 Å². The molecular formula is C27H23N5O3. The lowest BCUT2D eigenvalue weighted by molar-refractivity contribution is 0.0824. The molecule has 8 heteroatoms. The SMILES string of the molecule is Cc1c(C(=O)N(C)C)c(=O)c2cc(C(=O)c3nc(-c4cccnc4)c4ccccn34)ccc2n1C. The van der Waals surface area contributed by atoms with Crippen LogP contribution in [-0.2, 0) is 7.05 Å². The molecule has 0 N–H and O–H groups in total. The van der Waals surface area contributed by atoms with E-state index in [0.29, 0.717) is 27.9 Å². The molecule has 0 saturated carbocycles. The summed E-state index contributed by atoms with van der Waals surface area (Å²) in [7, 11) is 5.01. The van der Waals surface area contributed by atoms with Crippen molar-refractivity contribution < 1.29 is 9.59 Å². The second-order valence-corrected chi connectivity index (χ2v) is 8.59. The molecule has 35 heavy (non-hydrogen) atoms. The molecule has 1 amide bonds. The highest BCUT2D eigenvalue weighted by atomic mass is 16.2. The molecule has 0 spiro atoms. The van der Waals surface area contributed by atoms with E-state index < -0.39 is 5.43 Å². The number of nitrogens with zero attached hydrogens (tertiary/aromatic N) is 5. The van der Waals surface area contributed by atoms with E-state index in [1.165, 1.54) is 4.90 Å². The Hall–Kier alpha value is -4.59. The van der Waals surface area contributed by atoms with Crippen molar-refractivity contribution in [1.29, 1.82) is 0 Å². The monoisotopic (exact) mass is 465 g/mol. The highest BCUT2D eigenvalue weighted by Crippen LogP contribution is 2.26. The summed E-state index contributed by atoms with van der Waals surface area (Å²) < 4.78 is 3.54. The largest absolute Gasteiger partial charge is 0.347 e. The lowest BCUT2D eigenvalue weighted by atomic mass is 10.0. The van der Waals surface area contributed by atoms with Gasteiger partial charge in [0.05, 0.1) is 16.7 Å². The van der Waals surface area contributed by atoms with Crippen LogP contribution in [0.3, 0.4) is 0 Å². The molecule has 0 bridgehead atoms. The van der Waals surface area contributed by atoms with Crippen molar-refractivity contribution in [1.82, 2.24) is 23.8 Å². The number of aromatic nitrogens is 4. The number of hydrogen-bond donors (Lipinski definition) is 0. The topological polar surface area (TPSA) is 89.6 Å². The second-order valence-electron chi connectivity index (χ2n) is 8.59. The Morgan fingerprint density at radius 2 is 1.80 bits per heavy atom. The minimum Gasteiger partial charge on any atom is -0.347 e. The van der Waals surface area contributed by atoms with Crippen LogP contribution in [0.4, 0.5) is 0 Å². The van der Waals surface area contributed by atoms with Crippen molar-refractivity contribution in [3.63, 3.8) is 0 Å². The third-order valence-corrected chi connectivity index (χ3v) is 6.26. The van der Waals surface area contributed by atoms with Crippen LogP contribution in [0.25, 0.3) is 27.7 Å². The number of imidazole rings is 1. The Kier molecular flexibility index (Phi) is 5.28. The van der Waals surface area contributed by atoms with Gasteiger partial charge in [0.15, 0.2) is 5.82 Å². The second kappa shape index (κ2) is 8.32. The van der Waals surface area contributed by atoms with E-state index in [2.05, 4.69) is 9.97 Å². The lowest BCUT2D eigenvalue weighted by Gasteiger charge is -2.17. The first-order valence-corrected chi connectivity index (χ1v) is 11.1. The standard InChI is InChI=1S/C27H23N5O3/c1-16-22(27(35)30(2)3)25(34)19-14-17(10-11-20(19)31(16)4)24(33)26-29-23(18-8-7-12-28-15-18)21-9-5-6-13-32(21)26/h5-15H,1-4H3. The molecule has 4 heterocycles. The first-order chi connectivity index (χ1) is 16.8. The predicted molar refractivity (Wildman–Crippen MR) is 134 cm³/mol. The van der Waals surface area contributed by atoms with Crippen LogP contribution in [0.5, 0.6) is 0 Å². The number of fused-ring (bicyclic) bond motifs is 2. The molecule has 0 aliphatic rings. The van der Waals surface area contributed by atoms with Gasteiger partial charge in [0.1, 0.15) is 5.56 Å². The first-order valence-electron chi connectivity index (χ1n) is 11.1. The number of ketones is 1. The molecule has 174 valence electrons. The smallest absolute Gasteiger partial charge is 0.259 e. The lowest BCUT2D eigenvalue weighted by Crippen LogP contribution is -2.30. The maximum atomic E-state index is 13.7. The first kappa shape index (κ1) is 22.2. The van der Waals surface area contributed by atoms with Crippen LogP contribution in [0, 0.1) is 6.92 Å². The summed E-state index contributed by atoms with van der Waals surface area (Å²) in [6, 6.07) is 14.3. The van der Waals surface area contributed by atoms with Gasteiger partial charge in [-0.1, -0.05) is 6.07 Å². The van der Waals surface area contributed by atoms with Crippen LogP contribution < -0.4 is 5.43 Å². The molecule has 1 aromatic carbocycles. The third kappa shape index (κ3) is 3.50. The summed E-state index contributed by atoms with van der Waals surface area (Å²) in [5.74, 6) is -0.472. The fourth-order valence-corrected chi connectivity index (χ4v) is 4.32. The molecule has 0 fully saturated rings. The third-order valence-electron chi connectivity index (χ3n) is 6.26. The van der Waals surface area contributed by atoms with Gasteiger partial charge in [-0.25, -0.2) is 4.98 Å². The van der Waals surface area contributed by atoms with Crippen LogP contribution in [0.1, 0.15) is 32.2 Å². The van der Waals surface area contributed by atoms with E-state index in [4.69, 9.17) is 0 Å². The summed E-state index contributed by atoms with van der Waals surface area (Å²) >= 11 is 0. The average molecular weight is 466 g/mol. The maximum absolute atomic E-state index is 13.7. The number of carbonyl (C=O) groups excluding carboxylic acids is 2. The van der Waals surface area contributed by atoms with Crippen LogP contribution in [0.15, 0.2) is 71.9 Å². The Morgan fingerprint density at radius 3 is 2.51 bits per heavy atom. The minimum absolute atomic E-state index is 0.0970. The molecule has 4 aromatic heterocycles. The van der Waals surface area contributed by atoms with Gasteiger partial charge in [-0.2, -0.15) is 0 Å². The zero-order chi connectivity index (χ0) is 24.9. The number of pyridine rings is 3. The van der Waals surface area contributed by atoms with E-state index in [9.17, 15) is 14.4 Å². The predicted octanol–water partition coefficient (Wildman–Crippen LogP) is 3.49. The number of hydrogen-bond acceptors (Lipinski definition) is 5. The van der Waals surface area contributed by atoms with Gasteiger partial charge in [-0.3, -0.25) is 23.8 Å². The Morgan fingerprint density at radius 1 is 1.00 bits per heavy atom. The van der Waals surface area contributed by atoms with Gasteiger partial charge in [-0.05, 0) is 49.4 Å². The van der Waals surface area contributed by atoms with Gasteiger partial charge in [0.25, 0.3) is 5.91 Å². The molecule has 0 atom stereocenters. The summed E-state index contributed by atoms with van der Waals surface area (Å²) in [5, 5.41) is 0.308. The van der Waals surface area contributed by atoms with Crippen molar-refractivity contribution in [2.45, 2.75) is 6.92 Å². The molecule has 5 aromatic rings. The van der Waals surface area contributed by atoms with Crippen molar-refractivity contribution in [3.8, 4) is 11.3 Å². The summed E-state index contributed by atoms with van der Waals surface area (Å²) in [6.07, 6.45) is 5.17. The molecule has 0 saturated heterocycles. The van der Waals surface area contributed by atoms with E-state index in [1.54, 1.807) is 73.8 Å². The molecule has 8 nitrogen and oxygen atoms in total. The summed E-state index contributed by atoms with van der Waals surface area (Å²) in [5.41, 5.74) is 3.44. The van der Waals surface area contributed by atoms with Crippen molar-refractivity contribution >= 4 is 28.1 Å². The zero-order valence-corrected chi connectivity index (χ0v) is 19.8. The van der Waals surface area contributed by atoms with Gasteiger partial charge in [0, 0.05) is 61.9 Å². The highest BCUT2D eigenvalue weighted by molar-refractivity contribution is 6.10. The highest BCUT2D eigenvalue weighted by Gasteiger charge is 2.23. The van der Waals surface area contributed by atoms with Crippen LogP contribution >= 0.6 is 0 Å². The van der Waals surface area contributed by atoms with E-state index in [-0.39, 0.29) is 23.1 Å². The van der Waals surface area contributed by atoms with Crippen molar-refractivity contribution in [2.75, 3.05) is 14.1 Å². The fourth-order valence-electron chi connectivity index (χ4n) is 4.32. The van der Waals surface area contributed by atoms with Crippen molar-refractivity contribution in [2.24, 2.45) is 7.05 Å². The summed E-state index contributed by atoms with van der Waals surface area (Å²) in [4.78, 5) is 50.0. The average Bonchev–Trinajstić information content (AvgIpc) is 3.27. The van der Waals surface area contributed by atoms with Crippen molar-refractivity contribution in [3.05, 3.63) is 100.0 Å². The number of carbonyl (C=O) groups is 2. The van der Waals surface area contributed by atoms with Gasteiger partial charge >= 0.3 is 0 Å². The molecule has 0 unspecified atom stereocenters. The van der Waals surface area contributed by atoms with Gasteiger partial charge in [-0.15, -0.1) is 0 Å². The quantitative estimate of drug-likeness (QED) is 0.379. The maximum Gasteiger partial charge on any atom is 0.259 e. The minimum atomic E-state index is -0.395. The van der Waals surface area contributed by atoms with E-state index in [1.807, 2.05) is 30.3 Å². The van der Waals surface area contributed by atoms with Gasteiger partial charge < -0.3 is 9.47 Å². The normalized spacial score (nSPS) is 11.2. The van der Waals surface area contributed by atoms with Crippen LogP contribution in [-0.4, -0.2) is 49.6 Å². The molecule has 0 aliphatic heterocycles. The van der Waals surface area contributed by atoms with Crippen LogP contribution in [0.2, 0.25) is 0 Å². The Bertz CT molecular complexity index is 1700. The zero-order valence-electron chi connectivity index (χ0n) is 19.8. The summed E-state index contributed by atoms with van der Waals surface area (Å²) in [6.45, 7) is 1.74.